The Labute approximate surface area is 154 Å². The first kappa shape index (κ1) is 19.8. The highest BCUT2D eigenvalue weighted by Gasteiger charge is 2.19. The molecule has 2 rings (SSSR count). The summed E-state index contributed by atoms with van der Waals surface area (Å²) in [6.07, 6.45) is 0. The van der Waals surface area contributed by atoms with Crippen LogP contribution in [-0.4, -0.2) is 27.5 Å². The number of nitrogens with one attached hydrogen (secondary N) is 2. The first-order chi connectivity index (χ1) is 12.2. The van der Waals surface area contributed by atoms with Gasteiger partial charge in [0.2, 0.25) is 0 Å². The lowest BCUT2D eigenvalue weighted by Gasteiger charge is -2.17. The molecule has 0 aromatic heterocycles. The van der Waals surface area contributed by atoms with Gasteiger partial charge in [-0.3, -0.25) is 9.52 Å². The van der Waals surface area contributed by atoms with Crippen LogP contribution in [0.5, 0.6) is 5.75 Å². The predicted octanol–water partition coefficient (Wildman–Crippen LogP) is 3.27. The van der Waals surface area contributed by atoms with Gasteiger partial charge in [0.25, 0.3) is 15.9 Å². The van der Waals surface area contributed by atoms with E-state index >= 15 is 0 Å². The average molecular weight is 376 g/mol. The molecule has 0 aliphatic carbocycles. The Morgan fingerprint density at radius 3 is 2.38 bits per heavy atom. The third-order valence-electron chi connectivity index (χ3n) is 4.12. The van der Waals surface area contributed by atoms with E-state index in [9.17, 15) is 13.2 Å². The summed E-state index contributed by atoms with van der Waals surface area (Å²) in [5, 5.41) is 2.87. The average Bonchev–Trinajstić information content (AvgIpc) is 2.61. The molecule has 1 amide bonds. The van der Waals surface area contributed by atoms with E-state index in [4.69, 9.17) is 4.74 Å². The summed E-state index contributed by atoms with van der Waals surface area (Å²) in [5.74, 6) is 0.384. The van der Waals surface area contributed by atoms with Crippen LogP contribution in [0.4, 0.5) is 5.69 Å². The van der Waals surface area contributed by atoms with Crippen molar-refractivity contribution in [2.45, 2.75) is 31.7 Å². The van der Waals surface area contributed by atoms with Gasteiger partial charge in [0.05, 0.1) is 17.7 Å². The number of amides is 1. The van der Waals surface area contributed by atoms with Gasteiger partial charge in [0.15, 0.2) is 0 Å². The topological polar surface area (TPSA) is 84.5 Å². The van der Waals surface area contributed by atoms with Gasteiger partial charge in [-0.15, -0.1) is 0 Å². The molecule has 2 aromatic carbocycles. The molecule has 0 spiro atoms. The molecule has 0 saturated heterocycles. The van der Waals surface area contributed by atoms with Crippen LogP contribution < -0.4 is 14.8 Å². The van der Waals surface area contributed by atoms with Crippen molar-refractivity contribution in [3.63, 3.8) is 0 Å². The molecule has 0 saturated carbocycles. The molecule has 0 radical (unpaired) electrons. The number of ether oxygens (including phenoxy) is 1. The Balaban J connectivity index is 2.26. The quantitative estimate of drug-likeness (QED) is 0.777. The van der Waals surface area contributed by atoms with E-state index in [0.29, 0.717) is 17.0 Å². The van der Waals surface area contributed by atoms with Crippen LogP contribution in [0.25, 0.3) is 0 Å². The van der Waals surface area contributed by atoms with E-state index in [1.54, 1.807) is 36.4 Å². The minimum absolute atomic E-state index is 0.00764. The third kappa shape index (κ3) is 4.76. The first-order valence-electron chi connectivity index (χ1n) is 8.31. The van der Waals surface area contributed by atoms with Crippen LogP contribution in [0.15, 0.2) is 53.4 Å². The van der Waals surface area contributed by atoms with Crippen molar-refractivity contribution in [3.8, 4) is 5.75 Å². The van der Waals surface area contributed by atoms with Gasteiger partial charge in [-0.05, 0) is 43.2 Å². The molecule has 0 aliphatic rings. The van der Waals surface area contributed by atoms with Gasteiger partial charge < -0.3 is 10.1 Å². The van der Waals surface area contributed by atoms with Gasteiger partial charge >= 0.3 is 0 Å². The number of anilines is 1. The first-order valence-corrected chi connectivity index (χ1v) is 9.79. The maximum absolute atomic E-state index is 12.7. The lowest BCUT2D eigenvalue weighted by Crippen LogP contribution is -2.36. The Morgan fingerprint density at radius 2 is 1.73 bits per heavy atom. The largest absolute Gasteiger partial charge is 0.495 e. The lowest BCUT2D eigenvalue weighted by molar-refractivity contribution is 0.0930. The number of para-hydroxylation sites is 2. The van der Waals surface area contributed by atoms with E-state index < -0.39 is 10.0 Å². The molecule has 0 aliphatic heterocycles. The number of carbonyl (C=O) groups is 1. The van der Waals surface area contributed by atoms with Gasteiger partial charge in [-0.25, -0.2) is 8.42 Å². The van der Waals surface area contributed by atoms with Crippen molar-refractivity contribution in [3.05, 3.63) is 54.1 Å². The summed E-state index contributed by atoms with van der Waals surface area (Å²) in [5.41, 5.74) is 0.624. The number of carbonyl (C=O) groups excluding carboxylic acids is 1. The van der Waals surface area contributed by atoms with Crippen molar-refractivity contribution in [1.29, 1.82) is 0 Å². The van der Waals surface area contributed by atoms with Crippen LogP contribution in [0.2, 0.25) is 0 Å². The zero-order chi connectivity index (χ0) is 19.3. The molecule has 2 aromatic rings. The van der Waals surface area contributed by atoms with Crippen molar-refractivity contribution in [2.75, 3.05) is 11.8 Å². The number of rotatable bonds is 7. The lowest BCUT2D eigenvalue weighted by atomic mass is 10.1. The summed E-state index contributed by atoms with van der Waals surface area (Å²) >= 11 is 0. The Hall–Kier alpha value is -2.54. The normalized spacial score (nSPS) is 12.5. The molecule has 1 unspecified atom stereocenters. The SMILES string of the molecule is COc1ccccc1NS(=O)(=O)c1cccc(C(=O)NC(C)C(C)C)c1. The number of methoxy groups -OCH3 is 1. The number of benzene rings is 2. The maximum atomic E-state index is 12.7. The number of sulfonamides is 1. The highest BCUT2D eigenvalue weighted by atomic mass is 32.2. The second-order valence-electron chi connectivity index (χ2n) is 6.34. The summed E-state index contributed by atoms with van der Waals surface area (Å²) < 4.78 is 33.0. The summed E-state index contributed by atoms with van der Waals surface area (Å²) in [7, 11) is -2.39. The zero-order valence-corrected chi connectivity index (χ0v) is 16.1. The number of hydrogen-bond acceptors (Lipinski definition) is 4. The predicted molar refractivity (Wildman–Crippen MR) is 102 cm³/mol. The molecule has 2 N–H and O–H groups in total. The summed E-state index contributed by atoms with van der Waals surface area (Å²) in [6, 6.07) is 12.6. The van der Waals surface area contributed by atoms with E-state index in [1.165, 1.54) is 19.2 Å². The molecule has 0 bridgehead atoms. The monoisotopic (exact) mass is 376 g/mol. The van der Waals surface area contributed by atoms with E-state index in [1.807, 2.05) is 20.8 Å². The highest BCUT2D eigenvalue weighted by molar-refractivity contribution is 7.92. The minimum atomic E-state index is -3.86. The molecule has 0 fully saturated rings. The smallest absolute Gasteiger partial charge is 0.262 e. The van der Waals surface area contributed by atoms with Gasteiger partial charge in [0, 0.05) is 11.6 Å². The molecule has 0 heterocycles. The van der Waals surface area contributed by atoms with Crippen LogP contribution in [0.1, 0.15) is 31.1 Å². The fourth-order valence-electron chi connectivity index (χ4n) is 2.19. The van der Waals surface area contributed by atoms with Crippen LogP contribution >= 0.6 is 0 Å². The molecule has 1 atom stereocenters. The Kier molecular flexibility index (Phi) is 6.26. The highest BCUT2D eigenvalue weighted by Crippen LogP contribution is 2.26. The summed E-state index contributed by atoms with van der Waals surface area (Å²) in [4.78, 5) is 12.4. The van der Waals surface area contributed by atoms with Gasteiger partial charge in [-0.1, -0.05) is 32.0 Å². The molecular weight excluding hydrogens is 352 g/mol. The zero-order valence-electron chi connectivity index (χ0n) is 15.3. The molecule has 6 nitrogen and oxygen atoms in total. The minimum Gasteiger partial charge on any atom is -0.495 e. The van der Waals surface area contributed by atoms with Crippen molar-refractivity contribution in [2.24, 2.45) is 5.92 Å². The number of hydrogen-bond donors (Lipinski definition) is 2. The fraction of sp³-hybridized carbons (Fsp3) is 0.316. The standard InChI is InChI=1S/C19H24N2O4S/c1-13(2)14(3)20-19(22)15-8-7-9-16(12-15)26(23,24)21-17-10-5-6-11-18(17)25-4/h5-14,21H,1-4H3,(H,20,22). The van der Waals surface area contributed by atoms with Crippen molar-refractivity contribution in [1.82, 2.24) is 5.32 Å². The third-order valence-corrected chi connectivity index (χ3v) is 5.48. The van der Waals surface area contributed by atoms with E-state index in [-0.39, 0.29) is 22.8 Å². The summed E-state index contributed by atoms with van der Waals surface area (Å²) in [6.45, 7) is 5.92. The Morgan fingerprint density at radius 1 is 1.04 bits per heavy atom. The van der Waals surface area contributed by atoms with E-state index in [2.05, 4.69) is 10.0 Å². The molecule has 7 heteroatoms. The van der Waals surface area contributed by atoms with Crippen LogP contribution in [-0.2, 0) is 10.0 Å². The van der Waals surface area contributed by atoms with Gasteiger partial charge in [-0.2, -0.15) is 0 Å². The van der Waals surface area contributed by atoms with Crippen molar-refractivity contribution >= 4 is 21.6 Å². The fourth-order valence-corrected chi connectivity index (χ4v) is 3.31. The van der Waals surface area contributed by atoms with Crippen LogP contribution in [0.3, 0.4) is 0 Å². The Bertz CT molecular complexity index is 879. The van der Waals surface area contributed by atoms with Crippen LogP contribution in [0, 0.1) is 5.92 Å². The van der Waals surface area contributed by atoms with Gasteiger partial charge in [0.1, 0.15) is 5.75 Å². The maximum Gasteiger partial charge on any atom is 0.262 e. The second-order valence-corrected chi connectivity index (χ2v) is 8.02. The molecular formula is C19H24N2O4S. The van der Waals surface area contributed by atoms with E-state index in [0.717, 1.165) is 0 Å². The van der Waals surface area contributed by atoms with Crippen molar-refractivity contribution < 1.29 is 17.9 Å². The molecule has 26 heavy (non-hydrogen) atoms. The molecule has 140 valence electrons. The second kappa shape index (κ2) is 8.23.